The lowest BCUT2D eigenvalue weighted by Crippen LogP contribution is -2.47. The van der Waals surface area contributed by atoms with Crippen molar-refractivity contribution in [2.75, 3.05) is 34.1 Å². The summed E-state index contributed by atoms with van der Waals surface area (Å²) in [5.74, 6) is 1.98. The maximum Gasteiger partial charge on any atom is 0.246 e. The second kappa shape index (κ2) is 7.23. The Balaban J connectivity index is 1.84. The van der Waals surface area contributed by atoms with E-state index in [-0.39, 0.29) is 24.9 Å². The zero-order chi connectivity index (χ0) is 18.0. The zero-order valence-corrected chi connectivity index (χ0v) is 14.9. The average molecular weight is 349 g/mol. The first-order valence-corrected chi connectivity index (χ1v) is 8.20. The molecule has 2 aliphatic rings. The van der Waals surface area contributed by atoms with Crippen LogP contribution in [0.2, 0.25) is 0 Å². The van der Waals surface area contributed by atoms with Gasteiger partial charge in [-0.2, -0.15) is 0 Å². The highest BCUT2D eigenvalue weighted by molar-refractivity contribution is 5.92. The van der Waals surface area contributed by atoms with Gasteiger partial charge in [0.05, 0.1) is 26.4 Å². The normalized spacial score (nSPS) is 22.3. The van der Waals surface area contributed by atoms with Crippen molar-refractivity contribution < 1.29 is 28.5 Å². The molecular weight excluding hydrogens is 326 g/mol. The molecule has 1 aromatic carbocycles. The van der Waals surface area contributed by atoms with Gasteiger partial charge in [0, 0.05) is 24.7 Å². The van der Waals surface area contributed by atoms with Crippen LogP contribution in [0.3, 0.4) is 0 Å². The van der Waals surface area contributed by atoms with Crippen LogP contribution in [-0.2, 0) is 9.53 Å². The lowest BCUT2D eigenvalue weighted by molar-refractivity contribution is -0.137. The Bertz CT molecular complexity index is 677. The van der Waals surface area contributed by atoms with Crippen LogP contribution < -0.4 is 18.9 Å². The van der Waals surface area contributed by atoms with Gasteiger partial charge in [-0.15, -0.1) is 0 Å². The Morgan fingerprint density at radius 3 is 2.48 bits per heavy atom. The molecule has 0 saturated carbocycles. The van der Waals surface area contributed by atoms with Gasteiger partial charge in [-0.25, -0.2) is 0 Å². The number of hydrogen-bond acceptors (Lipinski definition) is 6. The van der Waals surface area contributed by atoms with Gasteiger partial charge < -0.3 is 28.6 Å². The Kier molecular flexibility index (Phi) is 5.03. The van der Waals surface area contributed by atoms with E-state index in [9.17, 15) is 4.79 Å². The van der Waals surface area contributed by atoms with E-state index >= 15 is 0 Å². The van der Waals surface area contributed by atoms with Crippen molar-refractivity contribution in [3.8, 4) is 23.0 Å². The third-order valence-corrected chi connectivity index (χ3v) is 4.15. The molecule has 1 fully saturated rings. The van der Waals surface area contributed by atoms with Crippen molar-refractivity contribution in [2.24, 2.45) is 0 Å². The van der Waals surface area contributed by atoms with Crippen molar-refractivity contribution in [2.45, 2.75) is 26.1 Å². The van der Waals surface area contributed by atoms with E-state index in [0.29, 0.717) is 41.7 Å². The summed E-state index contributed by atoms with van der Waals surface area (Å²) < 4.78 is 27.4. The molecule has 25 heavy (non-hydrogen) atoms. The number of carbonyl (C=O) groups is 1. The molecule has 2 atom stereocenters. The number of ether oxygens (including phenoxy) is 5. The minimum absolute atomic E-state index is 0.0290. The highest BCUT2D eigenvalue weighted by Gasteiger charge is 2.27. The van der Waals surface area contributed by atoms with E-state index in [2.05, 4.69) is 0 Å². The van der Waals surface area contributed by atoms with E-state index in [4.69, 9.17) is 23.7 Å². The van der Waals surface area contributed by atoms with Crippen LogP contribution in [-0.4, -0.2) is 57.1 Å². The second-order valence-electron chi connectivity index (χ2n) is 6.10. The molecule has 0 radical (unpaired) electrons. The van der Waals surface area contributed by atoms with E-state index in [1.165, 1.54) is 6.08 Å². The number of carbonyl (C=O) groups excluding carboxylic acids is 1. The average Bonchev–Trinajstić information content (AvgIpc) is 3.07. The first-order chi connectivity index (χ1) is 12.0. The van der Waals surface area contributed by atoms with E-state index < -0.39 is 0 Å². The van der Waals surface area contributed by atoms with Crippen LogP contribution in [0.5, 0.6) is 23.0 Å². The summed E-state index contributed by atoms with van der Waals surface area (Å²) in [5, 5.41) is 0. The van der Waals surface area contributed by atoms with Crippen molar-refractivity contribution in [3.05, 3.63) is 17.7 Å². The molecule has 7 nitrogen and oxygen atoms in total. The number of hydrogen-bond donors (Lipinski definition) is 0. The largest absolute Gasteiger partial charge is 0.493 e. The lowest BCUT2D eigenvalue weighted by atomic mass is 10.1. The van der Waals surface area contributed by atoms with Gasteiger partial charge in [-0.3, -0.25) is 4.79 Å². The molecule has 0 spiro atoms. The van der Waals surface area contributed by atoms with Gasteiger partial charge in [-0.1, -0.05) is 0 Å². The molecule has 3 rings (SSSR count). The van der Waals surface area contributed by atoms with Gasteiger partial charge in [0.2, 0.25) is 24.2 Å². The molecule has 2 heterocycles. The van der Waals surface area contributed by atoms with E-state index in [0.717, 1.165) is 0 Å². The summed E-state index contributed by atoms with van der Waals surface area (Å²) in [6.07, 6.45) is 3.29. The van der Waals surface area contributed by atoms with Crippen LogP contribution in [0.4, 0.5) is 0 Å². The number of nitrogens with zero attached hydrogens (tertiary/aromatic N) is 1. The smallest absolute Gasteiger partial charge is 0.246 e. The molecule has 1 aromatic rings. The lowest BCUT2D eigenvalue weighted by Gasteiger charge is -2.34. The molecule has 0 unspecified atom stereocenters. The summed E-state index contributed by atoms with van der Waals surface area (Å²) in [6, 6.07) is 1.76. The van der Waals surface area contributed by atoms with Crippen LogP contribution in [0.25, 0.3) is 6.08 Å². The molecule has 1 amide bonds. The third kappa shape index (κ3) is 3.51. The van der Waals surface area contributed by atoms with Crippen molar-refractivity contribution in [3.63, 3.8) is 0 Å². The number of methoxy groups -OCH3 is 2. The SMILES string of the molecule is COc1cc(/C=C/C(=O)N2C[C@@H](C)O[C@@H](C)C2)c(OC)c2c1OCO2. The molecule has 7 heteroatoms. The fraction of sp³-hybridized carbons (Fsp3) is 0.500. The molecule has 0 bridgehead atoms. The minimum atomic E-state index is -0.0688. The van der Waals surface area contributed by atoms with Gasteiger partial charge in [0.1, 0.15) is 0 Å². The van der Waals surface area contributed by atoms with Crippen molar-refractivity contribution in [1.82, 2.24) is 4.90 Å². The maximum atomic E-state index is 12.5. The molecule has 1 saturated heterocycles. The highest BCUT2D eigenvalue weighted by atomic mass is 16.7. The summed E-state index contributed by atoms with van der Waals surface area (Å²) in [4.78, 5) is 14.3. The molecule has 0 aliphatic carbocycles. The number of amides is 1. The second-order valence-corrected chi connectivity index (χ2v) is 6.10. The summed E-state index contributed by atoms with van der Waals surface area (Å²) in [6.45, 7) is 5.19. The number of rotatable bonds is 4. The number of morpholine rings is 1. The fourth-order valence-corrected chi connectivity index (χ4v) is 3.14. The van der Waals surface area contributed by atoms with E-state index in [1.54, 1.807) is 31.3 Å². The minimum Gasteiger partial charge on any atom is -0.493 e. The first kappa shape index (κ1) is 17.4. The van der Waals surface area contributed by atoms with Gasteiger partial charge in [0.25, 0.3) is 0 Å². The van der Waals surface area contributed by atoms with Crippen LogP contribution in [0, 0.1) is 0 Å². The molecular formula is C18H23NO6. The Morgan fingerprint density at radius 2 is 1.84 bits per heavy atom. The quantitative estimate of drug-likeness (QED) is 0.776. The Morgan fingerprint density at radius 1 is 1.16 bits per heavy atom. The maximum absolute atomic E-state index is 12.5. The van der Waals surface area contributed by atoms with Crippen molar-refractivity contribution in [1.29, 1.82) is 0 Å². The van der Waals surface area contributed by atoms with Gasteiger partial charge >= 0.3 is 0 Å². The summed E-state index contributed by atoms with van der Waals surface area (Å²) >= 11 is 0. The Labute approximate surface area is 147 Å². The number of benzene rings is 1. The molecule has 0 N–H and O–H groups in total. The predicted molar refractivity (Wildman–Crippen MR) is 91.3 cm³/mol. The van der Waals surface area contributed by atoms with Gasteiger partial charge in [-0.05, 0) is 26.0 Å². The third-order valence-electron chi connectivity index (χ3n) is 4.15. The summed E-state index contributed by atoms with van der Waals surface area (Å²) in [5.41, 5.74) is 0.686. The number of fused-ring (bicyclic) bond motifs is 1. The first-order valence-electron chi connectivity index (χ1n) is 8.20. The highest BCUT2D eigenvalue weighted by Crippen LogP contribution is 2.49. The monoisotopic (exact) mass is 349 g/mol. The Hall–Kier alpha value is -2.41. The summed E-state index contributed by atoms with van der Waals surface area (Å²) in [7, 11) is 3.10. The van der Waals surface area contributed by atoms with Crippen LogP contribution in [0.1, 0.15) is 19.4 Å². The van der Waals surface area contributed by atoms with Crippen LogP contribution >= 0.6 is 0 Å². The van der Waals surface area contributed by atoms with E-state index in [1.807, 2.05) is 13.8 Å². The van der Waals surface area contributed by atoms with Crippen molar-refractivity contribution >= 4 is 12.0 Å². The van der Waals surface area contributed by atoms with Gasteiger partial charge in [0.15, 0.2) is 11.5 Å². The predicted octanol–water partition coefficient (Wildman–Crippen LogP) is 2.08. The topological polar surface area (TPSA) is 66.5 Å². The molecule has 0 aromatic heterocycles. The zero-order valence-electron chi connectivity index (χ0n) is 14.9. The molecule has 2 aliphatic heterocycles. The molecule has 136 valence electrons. The standard InChI is InChI=1S/C18H23NO6/c1-11-8-19(9-12(2)25-11)15(20)6-5-13-7-14(21-3)17-18(16(13)22-4)24-10-23-17/h5-7,11-12H,8-10H2,1-4H3/b6-5+/t11-,12+. The fourth-order valence-electron chi connectivity index (χ4n) is 3.14. The van der Waals surface area contributed by atoms with Crippen LogP contribution in [0.15, 0.2) is 12.1 Å².